The zero-order valence-electron chi connectivity index (χ0n) is 16.9. The van der Waals surface area contributed by atoms with Gasteiger partial charge in [0.2, 0.25) is 10.1 Å². The second kappa shape index (κ2) is 7.56. The van der Waals surface area contributed by atoms with Crippen LogP contribution in [0.4, 0.5) is 10.9 Å². The van der Waals surface area contributed by atoms with Crippen LogP contribution in [0.1, 0.15) is 41.1 Å². The van der Waals surface area contributed by atoms with E-state index in [2.05, 4.69) is 15.4 Å². The number of hydrogen-bond donors (Lipinski definition) is 1. The van der Waals surface area contributed by atoms with Crippen LogP contribution in [-0.4, -0.2) is 38.8 Å². The molecule has 1 N–H and O–H groups in total. The van der Waals surface area contributed by atoms with Crippen LogP contribution in [0.25, 0.3) is 16.2 Å². The van der Waals surface area contributed by atoms with Crippen molar-refractivity contribution >= 4 is 33.2 Å². The molecule has 0 saturated carbocycles. The number of fused-ring (bicyclic) bond motifs is 1. The zero-order chi connectivity index (χ0) is 20.7. The van der Waals surface area contributed by atoms with Crippen LogP contribution in [0.3, 0.4) is 0 Å². The number of nitrogens with one attached hydrogen (secondary N) is 1. The van der Waals surface area contributed by atoms with Crippen molar-refractivity contribution in [3.63, 3.8) is 0 Å². The maximum atomic E-state index is 12.8. The Labute approximate surface area is 177 Å². The highest BCUT2D eigenvalue weighted by Crippen LogP contribution is 2.34. The van der Waals surface area contributed by atoms with E-state index in [1.54, 1.807) is 28.8 Å². The molecule has 1 aromatic carbocycles. The van der Waals surface area contributed by atoms with Crippen LogP contribution in [0, 0.1) is 13.8 Å². The Morgan fingerprint density at radius 1 is 1.17 bits per heavy atom. The van der Waals surface area contributed by atoms with Crippen molar-refractivity contribution in [1.82, 2.24) is 19.8 Å². The number of aryl methyl sites for hydroxylation is 2. The molecule has 0 atom stereocenters. The van der Waals surface area contributed by atoms with Gasteiger partial charge >= 0.3 is 0 Å². The second-order valence-electron chi connectivity index (χ2n) is 7.58. The normalized spacial score (nSPS) is 14.4. The first kappa shape index (κ1) is 18.8. The van der Waals surface area contributed by atoms with E-state index >= 15 is 0 Å². The quantitative estimate of drug-likeness (QED) is 0.527. The highest BCUT2D eigenvalue weighted by atomic mass is 32.1. The molecule has 30 heavy (non-hydrogen) atoms. The van der Waals surface area contributed by atoms with Crippen molar-refractivity contribution in [3.8, 4) is 11.3 Å². The third-order valence-electron chi connectivity index (χ3n) is 5.20. The molecule has 1 fully saturated rings. The van der Waals surface area contributed by atoms with Gasteiger partial charge in [0.15, 0.2) is 11.5 Å². The van der Waals surface area contributed by atoms with Crippen molar-refractivity contribution in [1.29, 1.82) is 0 Å². The van der Waals surface area contributed by atoms with Crippen LogP contribution in [0.5, 0.6) is 0 Å². The van der Waals surface area contributed by atoms with E-state index in [1.807, 2.05) is 31.2 Å². The topological polar surface area (TPSA) is 88.6 Å². The standard InChI is InChI=1S/C21H22N6O2S/c1-13-7-6-8-15(11-13)17-18(23-19(28)16-12-14(2)29-25-16)27-20(22-17)30-21(24-27)26-9-4-3-5-10-26/h6-8,11-12H,3-5,9-10H2,1-2H3,(H,23,28). The Kier molecular flexibility index (Phi) is 4.74. The molecule has 8 nitrogen and oxygen atoms in total. The summed E-state index contributed by atoms with van der Waals surface area (Å²) in [4.78, 5) is 20.7. The largest absolute Gasteiger partial charge is 0.361 e. The van der Waals surface area contributed by atoms with E-state index < -0.39 is 0 Å². The van der Waals surface area contributed by atoms with Gasteiger partial charge in [0.25, 0.3) is 5.91 Å². The summed E-state index contributed by atoms with van der Waals surface area (Å²) in [5, 5.41) is 12.5. The Hall–Kier alpha value is -3.20. The first-order chi connectivity index (χ1) is 14.6. The number of amides is 1. The molecule has 9 heteroatoms. The van der Waals surface area contributed by atoms with Crippen LogP contribution < -0.4 is 10.2 Å². The molecule has 0 bridgehead atoms. The molecular weight excluding hydrogens is 400 g/mol. The first-order valence-electron chi connectivity index (χ1n) is 10.0. The minimum Gasteiger partial charge on any atom is -0.361 e. The highest BCUT2D eigenvalue weighted by Gasteiger charge is 2.24. The van der Waals surface area contributed by atoms with E-state index in [0.717, 1.165) is 34.3 Å². The van der Waals surface area contributed by atoms with E-state index in [4.69, 9.17) is 14.6 Å². The number of imidazole rings is 1. The molecule has 1 aliphatic heterocycles. The van der Waals surface area contributed by atoms with E-state index in [9.17, 15) is 4.79 Å². The number of rotatable bonds is 4. The summed E-state index contributed by atoms with van der Waals surface area (Å²) in [6.07, 6.45) is 3.60. The molecule has 0 spiro atoms. The van der Waals surface area contributed by atoms with Gasteiger partial charge in [-0.05, 0) is 39.2 Å². The van der Waals surface area contributed by atoms with Crippen LogP contribution in [-0.2, 0) is 0 Å². The van der Waals surface area contributed by atoms with Crippen LogP contribution in [0.15, 0.2) is 34.9 Å². The molecule has 0 unspecified atom stereocenters. The Morgan fingerprint density at radius 3 is 2.73 bits per heavy atom. The molecule has 0 radical (unpaired) electrons. The summed E-state index contributed by atoms with van der Waals surface area (Å²) >= 11 is 1.55. The van der Waals surface area contributed by atoms with Crippen molar-refractivity contribution in [2.75, 3.05) is 23.3 Å². The van der Waals surface area contributed by atoms with Gasteiger partial charge in [-0.15, -0.1) is 5.10 Å². The third-order valence-corrected chi connectivity index (χ3v) is 6.17. The SMILES string of the molecule is Cc1cccc(-c2nc3sc(N4CCCCC4)nn3c2NC(=O)c2cc(C)on2)c1. The highest BCUT2D eigenvalue weighted by molar-refractivity contribution is 7.20. The average molecular weight is 423 g/mol. The van der Waals surface area contributed by atoms with E-state index in [1.165, 1.54) is 19.3 Å². The molecule has 0 aliphatic carbocycles. The summed E-state index contributed by atoms with van der Waals surface area (Å²) in [6.45, 7) is 5.79. The number of aromatic nitrogens is 4. The molecule has 4 aromatic rings. The molecule has 154 valence electrons. The molecule has 5 rings (SSSR count). The fourth-order valence-corrected chi connectivity index (χ4v) is 4.66. The second-order valence-corrected chi connectivity index (χ2v) is 8.52. The summed E-state index contributed by atoms with van der Waals surface area (Å²) < 4.78 is 6.79. The summed E-state index contributed by atoms with van der Waals surface area (Å²) in [5.41, 5.74) is 2.97. The van der Waals surface area contributed by atoms with Crippen LogP contribution in [0.2, 0.25) is 0 Å². The molecule has 4 heterocycles. The monoisotopic (exact) mass is 422 g/mol. The first-order valence-corrected chi connectivity index (χ1v) is 10.9. The van der Waals surface area contributed by atoms with Gasteiger partial charge in [-0.1, -0.05) is 40.3 Å². The van der Waals surface area contributed by atoms with Gasteiger partial charge < -0.3 is 14.7 Å². The lowest BCUT2D eigenvalue weighted by atomic mass is 10.1. The van der Waals surface area contributed by atoms with Gasteiger partial charge in [0.05, 0.1) is 0 Å². The predicted molar refractivity (Wildman–Crippen MR) is 116 cm³/mol. The smallest absolute Gasteiger partial charge is 0.279 e. The van der Waals surface area contributed by atoms with Crippen LogP contribution >= 0.6 is 11.3 Å². The fourth-order valence-electron chi connectivity index (χ4n) is 3.70. The van der Waals surface area contributed by atoms with Gasteiger partial charge in [-0.2, -0.15) is 4.52 Å². The minimum atomic E-state index is -0.352. The van der Waals surface area contributed by atoms with E-state index in [-0.39, 0.29) is 11.6 Å². The van der Waals surface area contributed by atoms with Crippen molar-refractivity contribution in [2.45, 2.75) is 33.1 Å². The molecule has 3 aromatic heterocycles. The molecular formula is C21H22N6O2S. The van der Waals surface area contributed by atoms with Gasteiger partial charge in [0, 0.05) is 24.7 Å². The third kappa shape index (κ3) is 3.45. The maximum Gasteiger partial charge on any atom is 0.279 e. The summed E-state index contributed by atoms with van der Waals surface area (Å²) in [6, 6.07) is 9.66. The number of nitrogens with zero attached hydrogens (tertiary/aromatic N) is 5. The lowest BCUT2D eigenvalue weighted by Gasteiger charge is -2.25. The number of carbonyl (C=O) groups is 1. The number of carbonyl (C=O) groups excluding carboxylic acids is 1. The van der Waals surface area contributed by atoms with Crippen molar-refractivity contribution < 1.29 is 9.32 Å². The summed E-state index contributed by atoms with van der Waals surface area (Å²) in [5.74, 6) is 0.773. The zero-order valence-corrected chi connectivity index (χ0v) is 17.7. The summed E-state index contributed by atoms with van der Waals surface area (Å²) in [7, 11) is 0. The average Bonchev–Trinajstić information content (AvgIpc) is 3.44. The molecule has 1 aliphatic rings. The van der Waals surface area contributed by atoms with Gasteiger partial charge in [-0.25, -0.2) is 4.98 Å². The number of anilines is 2. The molecule has 1 saturated heterocycles. The van der Waals surface area contributed by atoms with Gasteiger partial charge in [0.1, 0.15) is 11.5 Å². The molecule has 1 amide bonds. The Morgan fingerprint density at radius 2 is 2.00 bits per heavy atom. The fraction of sp³-hybridized carbons (Fsp3) is 0.333. The lowest BCUT2D eigenvalue weighted by Crippen LogP contribution is -2.29. The Balaban J connectivity index is 1.58. The maximum absolute atomic E-state index is 12.8. The lowest BCUT2D eigenvalue weighted by molar-refractivity contribution is 0.101. The van der Waals surface area contributed by atoms with Gasteiger partial charge in [-0.3, -0.25) is 4.79 Å². The predicted octanol–water partition coefficient (Wildman–Crippen LogP) is 4.31. The Bertz CT molecular complexity index is 1220. The minimum absolute atomic E-state index is 0.226. The van der Waals surface area contributed by atoms with Crippen molar-refractivity contribution in [2.24, 2.45) is 0 Å². The van der Waals surface area contributed by atoms with Crippen molar-refractivity contribution in [3.05, 3.63) is 47.3 Å². The number of hydrogen-bond acceptors (Lipinski definition) is 7. The number of benzene rings is 1. The van der Waals surface area contributed by atoms with E-state index in [0.29, 0.717) is 17.3 Å². The number of piperidine rings is 1.